The Morgan fingerprint density at radius 1 is 0.394 bits per heavy atom. The average molecular weight is 451 g/mol. The number of hydrogen-bond donors (Lipinski definition) is 0. The minimum Gasteiger partial charge on any atom is -0.284 e. The van der Waals surface area contributed by atoms with E-state index in [0.29, 0.717) is 0 Å². The lowest BCUT2D eigenvalue weighted by Gasteiger charge is -2.42. The molecule has 2 heterocycles. The fraction of sp³-hybridized carbons (Fsp3) is 1.00. The number of fused-ring (bicyclic) bond motifs is 10. The third-order valence-corrected chi connectivity index (χ3v) is 13.5. The lowest BCUT2D eigenvalue weighted by atomic mass is 9.70. The predicted molar refractivity (Wildman–Crippen MR) is 135 cm³/mol. The minimum atomic E-state index is 0.960. The molecule has 0 aromatic rings. The topological polar surface area (TPSA) is 6.48 Å². The van der Waals surface area contributed by atoms with E-state index < -0.39 is 0 Å². The van der Waals surface area contributed by atoms with Crippen LogP contribution in [0.5, 0.6) is 0 Å². The van der Waals surface area contributed by atoms with Gasteiger partial charge >= 0.3 is 0 Å². The molecule has 8 fully saturated rings. The van der Waals surface area contributed by atoms with Crippen LogP contribution in [0.2, 0.25) is 0 Å². The van der Waals surface area contributed by atoms with E-state index in [1.165, 1.54) is 58.0 Å². The zero-order chi connectivity index (χ0) is 21.5. The molecule has 8 rings (SSSR count). The molecular formula is C31H50N2. The Labute approximate surface area is 203 Å². The van der Waals surface area contributed by atoms with Crippen molar-refractivity contribution in [1.82, 2.24) is 9.80 Å². The summed E-state index contributed by atoms with van der Waals surface area (Å²) in [5.41, 5.74) is 0. The molecule has 0 amide bonds. The molecule has 12 unspecified atom stereocenters. The van der Waals surface area contributed by atoms with Crippen molar-refractivity contribution >= 4 is 0 Å². The summed E-state index contributed by atoms with van der Waals surface area (Å²) >= 11 is 0. The van der Waals surface area contributed by atoms with Crippen LogP contribution in [0.25, 0.3) is 0 Å². The van der Waals surface area contributed by atoms with E-state index in [2.05, 4.69) is 9.80 Å². The predicted octanol–water partition coefficient (Wildman–Crippen LogP) is 7.08. The third kappa shape index (κ3) is 3.11. The Balaban J connectivity index is 1.10. The fourth-order valence-corrected chi connectivity index (χ4v) is 12.6. The maximum atomic E-state index is 3.24. The summed E-state index contributed by atoms with van der Waals surface area (Å²) in [5.74, 6) is 8.75. The number of nitrogens with zero attached hydrogens (tertiary/aromatic N) is 2. The lowest BCUT2D eigenvalue weighted by Crippen LogP contribution is -2.51. The van der Waals surface area contributed by atoms with Crippen molar-refractivity contribution in [2.75, 3.05) is 6.67 Å². The van der Waals surface area contributed by atoms with E-state index in [1.54, 1.807) is 64.2 Å². The molecule has 2 aliphatic heterocycles. The van der Waals surface area contributed by atoms with Crippen molar-refractivity contribution < 1.29 is 0 Å². The molecule has 0 bridgehead atoms. The van der Waals surface area contributed by atoms with Gasteiger partial charge in [0.2, 0.25) is 0 Å². The molecule has 2 heteroatoms. The first-order chi connectivity index (χ1) is 16.4. The Morgan fingerprint density at radius 3 is 1.27 bits per heavy atom. The van der Waals surface area contributed by atoms with Crippen molar-refractivity contribution in [2.45, 2.75) is 140 Å². The second kappa shape index (κ2) is 8.22. The summed E-state index contributed by atoms with van der Waals surface area (Å²) in [4.78, 5) is 6.48. The van der Waals surface area contributed by atoms with Gasteiger partial charge in [-0.15, -0.1) is 0 Å². The van der Waals surface area contributed by atoms with Crippen molar-refractivity contribution in [1.29, 1.82) is 0 Å². The average Bonchev–Trinajstić information content (AvgIpc) is 3.58. The molecule has 2 nitrogen and oxygen atoms in total. The zero-order valence-electron chi connectivity index (χ0n) is 21.3. The fourth-order valence-electron chi connectivity index (χ4n) is 12.6. The van der Waals surface area contributed by atoms with E-state index >= 15 is 0 Å². The van der Waals surface area contributed by atoms with Crippen molar-refractivity contribution in [3.8, 4) is 0 Å². The van der Waals surface area contributed by atoms with E-state index in [0.717, 1.165) is 71.5 Å². The second-order valence-electron chi connectivity index (χ2n) is 14.4. The van der Waals surface area contributed by atoms with Gasteiger partial charge in [0.1, 0.15) is 0 Å². The molecule has 0 aromatic heterocycles. The van der Waals surface area contributed by atoms with Gasteiger partial charge in [-0.3, -0.25) is 9.80 Å². The third-order valence-electron chi connectivity index (χ3n) is 13.5. The molecule has 8 aliphatic rings. The first-order valence-electron chi connectivity index (χ1n) is 15.9. The van der Waals surface area contributed by atoms with Gasteiger partial charge < -0.3 is 0 Å². The Bertz CT molecular complexity index is 674. The number of rotatable bonds is 2. The van der Waals surface area contributed by atoms with E-state index in [1.807, 2.05) is 0 Å². The highest BCUT2D eigenvalue weighted by molar-refractivity contribution is 5.13. The van der Waals surface area contributed by atoms with Crippen LogP contribution in [-0.4, -0.2) is 40.6 Å². The Morgan fingerprint density at radius 2 is 0.788 bits per heavy atom. The van der Waals surface area contributed by atoms with Gasteiger partial charge in [0.05, 0.1) is 6.67 Å². The Kier molecular flexibility index (Phi) is 5.24. The standard InChI is InChI=1S/C31H50N2/c1-3-11-22-20(9-1)17-28-30(22)24-13-5-7-15-26(24)32(28)19-33-27-16-8-6-14-25(27)31-23-12-4-2-10-21(23)18-29(31)33/h20-31H,1-19H2. The number of likely N-dealkylation sites (tertiary alicyclic amines) is 2. The van der Waals surface area contributed by atoms with Gasteiger partial charge in [0.25, 0.3) is 0 Å². The monoisotopic (exact) mass is 450 g/mol. The maximum absolute atomic E-state index is 3.24. The first-order valence-corrected chi connectivity index (χ1v) is 15.9. The number of hydrogen-bond acceptors (Lipinski definition) is 2. The highest BCUT2D eigenvalue weighted by Gasteiger charge is 2.61. The molecule has 184 valence electrons. The van der Waals surface area contributed by atoms with Crippen molar-refractivity contribution in [3.05, 3.63) is 0 Å². The van der Waals surface area contributed by atoms with Gasteiger partial charge in [0, 0.05) is 24.2 Å². The summed E-state index contributed by atoms with van der Waals surface area (Å²) in [6.45, 7) is 1.39. The maximum Gasteiger partial charge on any atom is 0.0517 e. The van der Waals surface area contributed by atoms with E-state index in [9.17, 15) is 0 Å². The molecule has 33 heavy (non-hydrogen) atoms. The SMILES string of the molecule is C1CCC2C(C1)CC1C2C2CCCCC2N1CN1C2CCCCC2C2C3CCCCC3CC21. The van der Waals surface area contributed by atoms with Crippen LogP contribution < -0.4 is 0 Å². The lowest BCUT2D eigenvalue weighted by molar-refractivity contribution is 0.0233. The van der Waals surface area contributed by atoms with E-state index in [4.69, 9.17) is 0 Å². The highest BCUT2D eigenvalue weighted by Crippen LogP contribution is 2.61. The molecule has 2 saturated heterocycles. The summed E-state index contributed by atoms with van der Waals surface area (Å²) in [5, 5.41) is 0. The summed E-state index contributed by atoms with van der Waals surface area (Å²) in [6, 6.07) is 3.86. The quantitative estimate of drug-likeness (QED) is 0.443. The molecule has 6 saturated carbocycles. The normalized spacial score (nSPS) is 56.0. The van der Waals surface area contributed by atoms with Crippen LogP contribution in [0.1, 0.15) is 116 Å². The van der Waals surface area contributed by atoms with Gasteiger partial charge in [-0.2, -0.15) is 0 Å². The largest absolute Gasteiger partial charge is 0.284 e. The molecule has 0 aromatic carbocycles. The molecule has 0 radical (unpaired) electrons. The van der Waals surface area contributed by atoms with Crippen LogP contribution >= 0.6 is 0 Å². The molecule has 12 atom stereocenters. The zero-order valence-corrected chi connectivity index (χ0v) is 21.3. The molecular weight excluding hydrogens is 400 g/mol. The molecule has 0 N–H and O–H groups in total. The van der Waals surface area contributed by atoms with Crippen LogP contribution in [0.4, 0.5) is 0 Å². The highest BCUT2D eigenvalue weighted by atomic mass is 15.4. The second-order valence-corrected chi connectivity index (χ2v) is 14.4. The summed E-state index contributed by atoms with van der Waals surface area (Å²) in [7, 11) is 0. The van der Waals surface area contributed by atoms with E-state index in [-0.39, 0.29) is 0 Å². The van der Waals surface area contributed by atoms with Crippen molar-refractivity contribution in [2.24, 2.45) is 47.3 Å². The smallest absolute Gasteiger partial charge is 0.0517 e. The van der Waals surface area contributed by atoms with Crippen LogP contribution in [0.3, 0.4) is 0 Å². The van der Waals surface area contributed by atoms with Gasteiger partial charge in [-0.25, -0.2) is 0 Å². The van der Waals surface area contributed by atoms with Crippen molar-refractivity contribution in [3.63, 3.8) is 0 Å². The molecule has 6 aliphatic carbocycles. The molecule has 0 spiro atoms. The van der Waals surface area contributed by atoms with Crippen LogP contribution in [0, 0.1) is 47.3 Å². The minimum absolute atomic E-state index is 0.960. The van der Waals surface area contributed by atoms with Gasteiger partial charge in [-0.05, 0) is 98.7 Å². The van der Waals surface area contributed by atoms with Gasteiger partial charge in [-0.1, -0.05) is 64.2 Å². The van der Waals surface area contributed by atoms with Crippen LogP contribution in [-0.2, 0) is 0 Å². The van der Waals surface area contributed by atoms with Gasteiger partial charge in [0.15, 0.2) is 0 Å². The summed E-state index contributed by atoms with van der Waals surface area (Å²) < 4.78 is 0. The summed E-state index contributed by atoms with van der Waals surface area (Å²) in [6.07, 6.45) is 28.0. The Hall–Kier alpha value is -0.0800. The first kappa shape index (κ1) is 21.0. The van der Waals surface area contributed by atoms with Crippen LogP contribution in [0.15, 0.2) is 0 Å².